The maximum absolute atomic E-state index is 10.6. The van der Waals surface area contributed by atoms with Gasteiger partial charge >= 0.3 is 0 Å². The van der Waals surface area contributed by atoms with Crippen LogP contribution < -0.4 is 0 Å². The van der Waals surface area contributed by atoms with Crippen molar-refractivity contribution in [2.45, 2.75) is 76.7 Å². The first-order valence-corrected chi connectivity index (χ1v) is 17.8. The summed E-state index contributed by atoms with van der Waals surface area (Å²) in [5.41, 5.74) is 4.58. The molecule has 6 rings (SSSR count). The third kappa shape index (κ3) is 10.2. The summed E-state index contributed by atoms with van der Waals surface area (Å²) in [6, 6.07) is 35.4. The molecule has 4 N–H and O–H groups in total. The first-order valence-electron chi connectivity index (χ1n) is 17.8. The van der Waals surface area contributed by atoms with Gasteiger partial charge in [0.25, 0.3) is 0 Å². The summed E-state index contributed by atoms with van der Waals surface area (Å²) in [4.78, 5) is 4.78. The van der Waals surface area contributed by atoms with Crippen molar-refractivity contribution >= 4 is 0 Å². The van der Waals surface area contributed by atoms with Gasteiger partial charge in [-0.1, -0.05) is 84.9 Å². The number of hydrogen-bond donors (Lipinski definition) is 4. The molecule has 4 atom stereocenters. The molecule has 2 heterocycles. The predicted octanol–water partition coefficient (Wildman–Crippen LogP) is 7.54. The van der Waals surface area contributed by atoms with Gasteiger partial charge in [-0.3, -0.25) is 9.80 Å². The second kappa shape index (κ2) is 17.6. The quantitative estimate of drug-likeness (QED) is 0.142. The Labute approximate surface area is 287 Å². The summed E-state index contributed by atoms with van der Waals surface area (Å²) in [5.74, 6) is 1.95. The van der Waals surface area contributed by atoms with E-state index < -0.39 is 12.2 Å². The number of piperidine rings is 2. The summed E-state index contributed by atoms with van der Waals surface area (Å²) in [6.45, 7) is 8.33. The predicted molar refractivity (Wildman–Crippen MR) is 194 cm³/mol. The molecule has 2 fully saturated rings. The molecule has 256 valence electrons. The summed E-state index contributed by atoms with van der Waals surface area (Å²) in [7, 11) is 0. The average molecular weight is 651 g/mol. The molecule has 6 heteroatoms. The summed E-state index contributed by atoms with van der Waals surface area (Å²) in [5, 5.41) is 40.0. The normalized spacial score (nSPS) is 19.1. The van der Waals surface area contributed by atoms with E-state index >= 15 is 0 Å². The Balaban J connectivity index is 0.000000188. The van der Waals surface area contributed by atoms with Gasteiger partial charge in [0.15, 0.2) is 0 Å². The second-order valence-electron chi connectivity index (χ2n) is 13.9. The average Bonchev–Trinajstić information content (AvgIpc) is 3.13. The zero-order valence-electron chi connectivity index (χ0n) is 28.6. The summed E-state index contributed by atoms with van der Waals surface area (Å²) < 4.78 is 0. The Morgan fingerprint density at radius 3 is 1.12 bits per heavy atom. The van der Waals surface area contributed by atoms with Crippen molar-refractivity contribution < 1.29 is 20.4 Å². The molecule has 0 aromatic heterocycles. The highest BCUT2D eigenvalue weighted by Crippen LogP contribution is 2.30. The first-order chi connectivity index (χ1) is 23.3. The zero-order valence-corrected chi connectivity index (χ0v) is 28.6. The second-order valence-corrected chi connectivity index (χ2v) is 13.9. The molecular formula is C42H54N2O4. The van der Waals surface area contributed by atoms with Crippen molar-refractivity contribution in [3.8, 4) is 11.5 Å². The van der Waals surface area contributed by atoms with Crippen molar-refractivity contribution in [2.24, 2.45) is 11.8 Å². The number of phenols is 2. The number of nitrogens with zero attached hydrogens (tertiary/aromatic N) is 2. The molecule has 4 unspecified atom stereocenters. The van der Waals surface area contributed by atoms with Crippen LogP contribution in [0.1, 0.15) is 74.0 Å². The number of phenolic OH excluding ortho intramolecular Hbond substituents is 2. The Kier molecular flexibility index (Phi) is 13.1. The minimum absolute atomic E-state index is 0.0900. The molecule has 0 saturated carbocycles. The van der Waals surface area contributed by atoms with Crippen LogP contribution in [-0.4, -0.2) is 68.5 Å². The van der Waals surface area contributed by atoms with E-state index in [0.717, 1.165) is 62.0 Å². The molecule has 6 nitrogen and oxygen atoms in total. The van der Waals surface area contributed by atoms with E-state index in [-0.39, 0.29) is 23.6 Å². The fourth-order valence-electron chi connectivity index (χ4n) is 7.32. The Morgan fingerprint density at radius 2 is 0.812 bits per heavy atom. The minimum Gasteiger partial charge on any atom is -0.508 e. The van der Waals surface area contributed by atoms with Crippen LogP contribution in [0.2, 0.25) is 0 Å². The lowest BCUT2D eigenvalue weighted by atomic mass is 9.89. The third-order valence-corrected chi connectivity index (χ3v) is 10.6. The molecule has 4 aromatic rings. The number of likely N-dealkylation sites (tertiary alicyclic amines) is 2. The molecule has 48 heavy (non-hydrogen) atoms. The molecule has 2 aliphatic heterocycles. The molecule has 0 spiro atoms. The zero-order chi connectivity index (χ0) is 33.9. The van der Waals surface area contributed by atoms with E-state index in [0.29, 0.717) is 0 Å². The van der Waals surface area contributed by atoms with E-state index in [1.54, 1.807) is 48.5 Å². The van der Waals surface area contributed by atoms with Crippen LogP contribution in [0, 0.1) is 11.8 Å². The molecule has 0 radical (unpaired) electrons. The number of aliphatic hydroxyl groups excluding tert-OH is 2. The van der Waals surface area contributed by atoms with Gasteiger partial charge in [-0.15, -0.1) is 0 Å². The third-order valence-electron chi connectivity index (χ3n) is 10.6. The van der Waals surface area contributed by atoms with Gasteiger partial charge in [0.2, 0.25) is 0 Å². The Hall–Kier alpha value is -3.68. The van der Waals surface area contributed by atoms with Crippen LogP contribution in [0.4, 0.5) is 0 Å². The van der Waals surface area contributed by atoms with E-state index in [1.165, 1.54) is 36.8 Å². The molecule has 0 bridgehead atoms. The molecule has 2 saturated heterocycles. The van der Waals surface area contributed by atoms with Gasteiger partial charge < -0.3 is 20.4 Å². The number of aliphatic hydroxyl groups is 2. The van der Waals surface area contributed by atoms with Gasteiger partial charge in [0.05, 0.1) is 12.2 Å². The van der Waals surface area contributed by atoms with Gasteiger partial charge in [-0.25, -0.2) is 0 Å². The summed E-state index contributed by atoms with van der Waals surface area (Å²) >= 11 is 0. The minimum atomic E-state index is -0.517. The van der Waals surface area contributed by atoms with Gasteiger partial charge in [-0.05, 0) is 137 Å². The summed E-state index contributed by atoms with van der Waals surface area (Å²) in [6.07, 6.45) is 6.01. The Morgan fingerprint density at radius 1 is 0.500 bits per heavy atom. The number of aromatic hydroxyl groups is 2. The molecule has 2 aliphatic rings. The van der Waals surface area contributed by atoms with Crippen molar-refractivity contribution in [1.82, 2.24) is 9.80 Å². The van der Waals surface area contributed by atoms with Gasteiger partial charge in [0.1, 0.15) is 11.5 Å². The SMILES string of the molecule is CC(C(O)c1ccc(O)cc1)N1CCC(Cc2ccccc2)CC1.CC(C(O)c1ccc(O)cc1)N1CCC(Cc2ccccc2)CC1. The van der Waals surface area contributed by atoms with Crippen molar-refractivity contribution in [3.05, 3.63) is 131 Å². The largest absolute Gasteiger partial charge is 0.508 e. The lowest BCUT2D eigenvalue weighted by Gasteiger charge is -2.38. The van der Waals surface area contributed by atoms with Crippen LogP contribution in [0.15, 0.2) is 109 Å². The van der Waals surface area contributed by atoms with Crippen LogP contribution in [-0.2, 0) is 12.8 Å². The lowest BCUT2D eigenvalue weighted by Crippen LogP contribution is -2.43. The van der Waals surface area contributed by atoms with Crippen molar-refractivity contribution in [3.63, 3.8) is 0 Å². The number of rotatable bonds is 10. The van der Waals surface area contributed by atoms with E-state index in [4.69, 9.17) is 0 Å². The van der Waals surface area contributed by atoms with E-state index in [1.807, 2.05) is 0 Å². The highest BCUT2D eigenvalue weighted by Gasteiger charge is 2.29. The van der Waals surface area contributed by atoms with Crippen LogP contribution in [0.3, 0.4) is 0 Å². The highest BCUT2D eigenvalue weighted by molar-refractivity contribution is 5.29. The van der Waals surface area contributed by atoms with Crippen molar-refractivity contribution in [1.29, 1.82) is 0 Å². The number of hydrogen-bond acceptors (Lipinski definition) is 6. The van der Waals surface area contributed by atoms with Crippen molar-refractivity contribution in [2.75, 3.05) is 26.2 Å². The van der Waals surface area contributed by atoms with Crippen LogP contribution in [0.5, 0.6) is 11.5 Å². The first kappa shape index (κ1) is 35.6. The van der Waals surface area contributed by atoms with E-state index in [2.05, 4.69) is 84.3 Å². The Bertz CT molecular complexity index is 1350. The monoisotopic (exact) mass is 650 g/mol. The maximum atomic E-state index is 10.6. The molecular weight excluding hydrogens is 596 g/mol. The fraction of sp³-hybridized carbons (Fsp3) is 0.429. The molecule has 4 aromatic carbocycles. The topological polar surface area (TPSA) is 87.4 Å². The van der Waals surface area contributed by atoms with Gasteiger partial charge in [0, 0.05) is 12.1 Å². The molecule has 0 aliphatic carbocycles. The lowest BCUT2D eigenvalue weighted by molar-refractivity contribution is 0.0373. The smallest absolute Gasteiger partial charge is 0.115 e. The maximum Gasteiger partial charge on any atom is 0.115 e. The highest BCUT2D eigenvalue weighted by atomic mass is 16.3. The van der Waals surface area contributed by atoms with Crippen LogP contribution >= 0.6 is 0 Å². The standard InChI is InChI=1S/2C21H27NO2/c2*1-16(21(24)19-7-9-20(23)10-8-19)22-13-11-18(12-14-22)15-17-5-3-2-4-6-17/h2*2-10,16,18,21,23-24H,11-15H2,1H3. The van der Waals surface area contributed by atoms with E-state index in [9.17, 15) is 20.4 Å². The van der Waals surface area contributed by atoms with Crippen LogP contribution in [0.25, 0.3) is 0 Å². The number of benzene rings is 4. The van der Waals surface area contributed by atoms with Gasteiger partial charge in [-0.2, -0.15) is 0 Å². The fourth-order valence-corrected chi connectivity index (χ4v) is 7.32. The molecule has 0 amide bonds.